The van der Waals surface area contributed by atoms with E-state index in [9.17, 15) is 9.13 Å². The normalized spacial score (nSPS) is 10.5. The van der Waals surface area contributed by atoms with Crippen LogP contribution in [0.15, 0.2) is 97.1 Å². The van der Waals surface area contributed by atoms with Crippen molar-refractivity contribution < 1.29 is 46.8 Å². The van der Waals surface area contributed by atoms with E-state index in [1.165, 1.54) is 28.4 Å². The van der Waals surface area contributed by atoms with Crippen molar-refractivity contribution in [1.82, 2.24) is 0 Å². The van der Waals surface area contributed by atoms with Crippen molar-refractivity contribution >= 4 is 46.7 Å². The van der Waals surface area contributed by atoms with Crippen LogP contribution in [0.5, 0.6) is 46.0 Å². The number of benzene rings is 4. The van der Waals surface area contributed by atoms with Gasteiger partial charge in [0.15, 0.2) is 46.0 Å². The Morgan fingerprint density at radius 3 is 0.930 bits per heavy atom. The molecular weight excluding hydrogens is 665 g/mol. The van der Waals surface area contributed by atoms with Crippen molar-refractivity contribution in [2.75, 3.05) is 28.4 Å². The molecule has 0 heterocycles. The molecule has 0 saturated heterocycles. The fourth-order valence-electron chi connectivity index (χ4n) is 3.13. The molecule has 0 aromatic heterocycles. The van der Waals surface area contributed by atoms with Gasteiger partial charge in [0, 0.05) is 0 Å². The van der Waals surface area contributed by atoms with Crippen molar-refractivity contribution in [1.29, 1.82) is 0 Å². The smallest absolute Gasteiger partial charge is 0.504 e. The third-order valence-electron chi connectivity index (χ3n) is 4.92. The van der Waals surface area contributed by atoms with E-state index >= 15 is 0 Å². The molecule has 0 radical (unpaired) electrons. The summed E-state index contributed by atoms with van der Waals surface area (Å²) in [5.41, 5.74) is 0. The standard InChI is InChI=1S/C21H21O7P.C7H8O2.Cl3OP/c1-23-16-10-4-7-13-19(16)26-29(22,27-20-14-8-5-11-17(20)24-2)28-21-15-9-6-12-18(21)25-3;1-9-7-5-3-2-4-6(7)8;1-5(2,3)4/h4-15H,1-3H3;2-5,8H,1H3;. The van der Waals surface area contributed by atoms with Crippen molar-refractivity contribution in [2.45, 2.75) is 0 Å². The predicted octanol–water partition coefficient (Wildman–Crippen LogP) is 9.57. The molecule has 15 heteroatoms. The van der Waals surface area contributed by atoms with E-state index in [-0.39, 0.29) is 23.0 Å². The van der Waals surface area contributed by atoms with Gasteiger partial charge in [-0.3, -0.25) is 4.57 Å². The number of methoxy groups -OCH3 is 4. The van der Waals surface area contributed by atoms with E-state index in [0.29, 0.717) is 23.0 Å². The Hall–Kier alpha value is -3.39. The second-order valence-electron chi connectivity index (χ2n) is 7.74. The lowest BCUT2D eigenvalue weighted by Gasteiger charge is -2.22. The van der Waals surface area contributed by atoms with Gasteiger partial charge in [0.1, 0.15) is 0 Å². The van der Waals surface area contributed by atoms with Gasteiger partial charge in [-0.25, -0.2) is 0 Å². The van der Waals surface area contributed by atoms with Crippen LogP contribution in [-0.2, 0) is 9.13 Å². The summed E-state index contributed by atoms with van der Waals surface area (Å²) in [6.45, 7) is 0. The fraction of sp³-hybridized carbons (Fsp3) is 0.143. The molecule has 0 atom stereocenters. The van der Waals surface area contributed by atoms with E-state index < -0.39 is 13.0 Å². The maximum atomic E-state index is 13.7. The first-order valence-electron chi connectivity index (χ1n) is 12.0. The number of phenols is 1. The number of phosphoric acid groups is 1. The third-order valence-corrected chi connectivity index (χ3v) is 6.18. The number of halogens is 3. The summed E-state index contributed by atoms with van der Waals surface area (Å²) in [6.07, 6.45) is 0. The van der Waals surface area contributed by atoms with Crippen molar-refractivity contribution in [3.05, 3.63) is 97.1 Å². The van der Waals surface area contributed by atoms with Gasteiger partial charge in [0.2, 0.25) is 0 Å². The summed E-state index contributed by atoms with van der Waals surface area (Å²) in [7, 11) is 1.72. The second-order valence-corrected chi connectivity index (χ2v) is 15.8. The van der Waals surface area contributed by atoms with Gasteiger partial charge in [-0.2, -0.15) is 4.57 Å². The average Bonchev–Trinajstić information content (AvgIpc) is 2.97. The molecule has 0 spiro atoms. The van der Waals surface area contributed by atoms with E-state index in [1.807, 2.05) is 0 Å². The lowest BCUT2D eigenvalue weighted by atomic mass is 10.3. The molecule has 4 aromatic carbocycles. The number of ether oxygens (including phenoxy) is 4. The summed E-state index contributed by atoms with van der Waals surface area (Å²) < 4.78 is 60.9. The Balaban J connectivity index is 0.000000379. The number of aromatic hydroxyl groups is 1. The van der Waals surface area contributed by atoms with Gasteiger partial charge in [-0.1, -0.05) is 48.5 Å². The summed E-state index contributed by atoms with van der Waals surface area (Å²) in [5, 5.41) is 5.76. The Labute approximate surface area is 264 Å². The summed E-state index contributed by atoms with van der Waals surface area (Å²) in [5.74, 6) is 2.41. The number of phenolic OH excluding ortho intramolecular Hbond substituents is 1. The number of hydrogen-bond acceptors (Lipinski definition) is 10. The highest BCUT2D eigenvalue weighted by molar-refractivity contribution is 8.24. The van der Waals surface area contributed by atoms with Crippen LogP contribution in [0.25, 0.3) is 0 Å². The zero-order valence-corrected chi connectivity index (χ0v) is 27.4. The molecule has 0 bridgehead atoms. The van der Waals surface area contributed by atoms with Gasteiger partial charge in [0.05, 0.1) is 28.4 Å². The summed E-state index contributed by atoms with van der Waals surface area (Å²) in [6, 6.07) is 27.1. The molecule has 0 unspecified atom stereocenters. The fourth-order valence-corrected chi connectivity index (χ4v) is 4.42. The van der Waals surface area contributed by atoms with E-state index in [0.717, 1.165) is 0 Å². The highest BCUT2D eigenvalue weighted by atomic mass is 36.0. The minimum Gasteiger partial charge on any atom is -0.504 e. The maximum Gasteiger partial charge on any atom is 0.647 e. The first-order valence-corrected chi connectivity index (χ1v) is 17.9. The lowest BCUT2D eigenvalue weighted by molar-refractivity contribution is 0.278. The van der Waals surface area contributed by atoms with Crippen LogP contribution in [0.4, 0.5) is 0 Å². The first-order chi connectivity index (χ1) is 20.4. The van der Waals surface area contributed by atoms with Gasteiger partial charge in [0.25, 0.3) is 0 Å². The Morgan fingerprint density at radius 1 is 0.465 bits per heavy atom. The van der Waals surface area contributed by atoms with Crippen LogP contribution in [0.3, 0.4) is 0 Å². The summed E-state index contributed by atoms with van der Waals surface area (Å²) in [4.78, 5) is 0. The lowest BCUT2D eigenvalue weighted by Crippen LogP contribution is -2.09. The number of phosphoric ester groups is 1. The summed E-state index contributed by atoms with van der Waals surface area (Å²) >= 11 is 13.8. The molecule has 10 nitrogen and oxygen atoms in total. The van der Waals surface area contributed by atoms with Crippen molar-refractivity contribution in [3.8, 4) is 46.0 Å². The van der Waals surface area contributed by atoms with Crippen LogP contribution < -0.4 is 32.5 Å². The first kappa shape index (κ1) is 35.8. The molecule has 4 aromatic rings. The Kier molecular flexibility index (Phi) is 14.7. The van der Waals surface area contributed by atoms with E-state index in [1.54, 1.807) is 97.1 Å². The quantitative estimate of drug-likeness (QED) is 0.161. The van der Waals surface area contributed by atoms with Crippen LogP contribution in [0.2, 0.25) is 0 Å². The monoisotopic (exact) mass is 692 g/mol. The molecule has 43 heavy (non-hydrogen) atoms. The Morgan fingerprint density at radius 2 is 0.698 bits per heavy atom. The predicted molar refractivity (Wildman–Crippen MR) is 168 cm³/mol. The number of hydrogen-bond donors (Lipinski definition) is 1. The van der Waals surface area contributed by atoms with Gasteiger partial charge in [-0.15, -0.1) is 0 Å². The second kappa shape index (κ2) is 17.7. The van der Waals surface area contributed by atoms with Gasteiger partial charge >= 0.3 is 13.0 Å². The van der Waals surface area contributed by atoms with Crippen molar-refractivity contribution in [2.24, 2.45) is 0 Å². The van der Waals surface area contributed by atoms with Gasteiger partial charge < -0.3 is 37.6 Å². The molecule has 1 N–H and O–H groups in total. The third kappa shape index (κ3) is 12.8. The van der Waals surface area contributed by atoms with Crippen molar-refractivity contribution in [3.63, 3.8) is 0 Å². The van der Waals surface area contributed by atoms with Crippen LogP contribution in [-0.4, -0.2) is 33.5 Å². The molecule has 4 rings (SSSR count). The zero-order chi connectivity index (χ0) is 31.9. The largest absolute Gasteiger partial charge is 0.647 e. The molecule has 0 amide bonds. The van der Waals surface area contributed by atoms with E-state index in [4.69, 9.17) is 37.6 Å². The SMILES string of the molecule is COc1ccccc1O.COc1ccccc1OP(=O)(Oc1ccccc1OC)Oc1ccccc1OC.O=P(Cl)(Cl)Cl. The molecule has 0 fully saturated rings. The van der Waals surface area contributed by atoms with Gasteiger partial charge in [-0.05, 0) is 82.3 Å². The minimum atomic E-state index is -4.25. The maximum absolute atomic E-state index is 13.7. The van der Waals surface area contributed by atoms with Crippen LogP contribution in [0, 0.1) is 0 Å². The molecular formula is C28H29Cl3O10P2. The molecule has 232 valence electrons. The van der Waals surface area contributed by atoms with Crippen LogP contribution >= 0.6 is 46.7 Å². The number of para-hydroxylation sites is 8. The molecule has 0 saturated carbocycles. The topological polar surface area (TPSA) is 119 Å². The van der Waals surface area contributed by atoms with E-state index in [2.05, 4.69) is 33.7 Å². The van der Waals surface area contributed by atoms with Crippen LogP contribution in [0.1, 0.15) is 0 Å². The molecule has 0 aliphatic carbocycles. The minimum absolute atomic E-state index is 0.181. The molecule has 0 aliphatic rings. The number of rotatable bonds is 10. The highest BCUT2D eigenvalue weighted by Crippen LogP contribution is 2.61. The average molecular weight is 694 g/mol. The zero-order valence-electron chi connectivity index (χ0n) is 23.4. The molecule has 0 aliphatic heterocycles. The highest BCUT2D eigenvalue weighted by Gasteiger charge is 2.36. The Bertz CT molecular complexity index is 1400.